The van der Waals surface area contributed by atoms with Crippen LogP contribution in [-0.4, -0.2) is 23.4 Å². The molecule has 1 aliphatic carbocycles. The molecule has 2 rings (SSSR count). The first kappa shape index (κ1) is 10.3. The molecular weight excluding hydrogens is 192 g/mol. The zero-order valence-corrected chi connectivity index (χ0v) is 8.60. The maximum absolute atomic E-state index is 9.46. The number of aliphatic hydroxyl groups excluding tert-OH is 1. The third-order valence-corrected chi connectivity index (χ3v) is 2.84. The standard InChI is InChI=1S/C12H16O3/c13-7-10(9-5-6-9)8-15-12-4-2-1-3-11(12)14/h1-4,9-10,13-14H,5-8H2. The number of ether oxygens (including phenoxy) is 1. The monoisotopic (exact) mass is 208 g/mol. The summed E-state index contributed by atoms with van der Waals surface area (Å²) in [6.45, 7) is 0.650. The van der Waals surface area contributed by atoms with Gasteiger partial charge in [-0.2, -0.15) is 0 Å². The Bertz CT molecular complexity index is 320. The summed E-state index contributed by atoms with van der Waals surface area (Å²) in [6.07, 6.45) is 2.38. The van der Waals surface area contributed by atoms with E-state index < -0.39 is 0 Å². The largest absolute Gasteiger partial charge is 0.504 e. The average Bonchev–Trinajstić information content (AvgIpc) is 3.06. The lowest BCUT2D eigenvalue weighted by Gasteiger charge is -2.14. The number of phenols is 1. The fraction of sp³-hybridized carbons (Fsp3) is 0.500. The summed E-state index contributed by atoms with van der Waals surface area (Å²) in [5, 5.41) is 18.6. The van der Waals surface area contributed by atoms with Crippen molar-refractivity contribution >= 4 is 0 Å². The zero-order chi connectivity index (χ0) is 10.7. The molecule has 1 aromatic carbocycles. The number of hydrogen-bond donors (Lipinski definition) is 2. The van der Waals surface area contributed by atoms with Crippen molar-refractivity contribution in [2.24, 2.45) is 11.8 Å². The molecule has 0 spiro atoms. The van der Waals surface area contributed by atoms with E-state index in [0.717, 1.165) is 0 Å². The number of rotatable bonds is 5. The van der Waals surface area contributed by atoms with Crippen LogP contribution in [0.5, 0.6) is 11.5 Å². The minimum atomic E-state index is 0.157. The molecule has 3 heteroatoms. The van der Waals surface area contributed by atoms with Crippen LogP contribution in [0.2, 0.25) is 0 Å². The Labute approximate surface area is 89.3 Å². The van der Waals surface area contributed by atoms with Crippen molar-refractivity contribution in [1.29, 1.82) is 0 Å². The smallest absolute Gasteiger partial charge is 0.160 e. The van der Waals surface area contributed by atoms with Crippen LogP contribution in [0, 0.1) is 11.8 Å². The molecule has 0 aliphatic heterocycles. The summed E-state index contributed by atoms with van der Waals surface area (Å²) in [6, 6.07) is 6.91. The topological polar surface area (TPSA) is 49.7 Å². The van der Waals surface area contributed by atoms with E-state index in [0.29, 0.717) is 18.3 Å². The van der Waals surface area contributed by atoms with Crippen molar-refractivity contribution in [3.8, 4) is 11.5 Å². The second-order valence-corrected chi connectivity index (χ2v) is 4.06. The van der Waals surface area contributed by atoms with Crippen LogP contribution in [0.1, 0.15) is 12.8 Å². The molecule has 1 atom stereocenters. The summed E-state index contributed by atoms with van der Waals surface area (Å²) in [5.41, 5.74) is 0. The number of hydrogen-bond acceptors (Lipinski definition) is 3. The molecule has 1 saturated carbocycles. The molecule has 15 heavy (non-hydrogen) atoms. The van der Waals surface area contributed by atoms with E-state index >= 15 is 0 Å². The van der Waals surface area contributed by atoms with Crippen LogP contribution < -0.4 is 4.74 Å². The second kappa shape index (κ2) is 4.53. The van der Waals surface area contributed by atoms with Gasteiger partial charge in [-0.25, -0.2) is 0 Å². The molecule has 0 saturated heterocycles. The highest BCUT2D eigenvalue weighted by atomic mass is 16.5. The van der Waals surface area contributed by atoms with Crippen molar-refractivity contribution in [3.05, 3.63) is 24.3 Å². The lowest BCUT2D eigenvalue weighted by Crippen LogP contribution is -2.18. The molecule has 3 nitrogen and oxygen atoms in total. The summed E-state index contributed by atoms with van der Waals surface area (Å²) in [7, 11) is 0. The van der Waals surface area contributed by atoms with Crippen LogP contribution >= 0.6 is 0 Å². The highest BCUT2D eigenvalue weighted by Gasteiger charge is 2.31. The summed E-state index contributed by atoms with van der Waals surface area (Å²) >= 11 is 0. The maximum Gasteiger partial charge on any atom is 0.160 e. The van der Waals surface area contributed by atoms with Crippen molar-refractivity contribution < 1.29 is 14.9 Å². The lowest BCUT2D eigenvalue weighted by atomic mass is 10.1. The Hall–Kier alpha value is -1.22. The van der Waals surface area contributed by atoms with E-state index in [-0.39, 0.29) is 18.3 Å². The van der Waals surface area contributed by atoms with E-state index in [9.17, 15) is 5.11 Å². The first-order valence-corrected chi connectivity index (χ1v) is 5.33. The number of para-hydroxylation sites is 2. The Morgan fingerprint density at radius 2 is 2.07 bits per heavy atom. The Balaban J connectivity index is 1.89. The molecule has 2 N–H and O–H groups in total. The van der Waals surface area contributed by atoms with E-state index in [1.54, 1.807) is 18.2 Å². The molecular formula is C12H16O3. The van der Waals surface area contributed by atoms with Crippen LogP contribution in [0.3, 0.4) is 0 Å². The SMILES string of the molecule is OCC(COc1ccccc1O)C1CC1. The van der Waals surface area contributed by atoms with Gasteiger partial charge in [-0.05, 0) is 30.9 Å². The minimum absolute atomic E-state index is 0.157. The van der Waals surface area contributed by atoms with Gasteiger partial charge in [0.15, 0.2) is 11.5 Å². The fourth-order valence-electron chi connectivity index (χ4n) is 1.68. The Morgan fingerprint density at radius 3 is 2.67 bits per heavy atom. The van der Waals surface area contributed by atoms with Crippen molar-refractivity contribution in [2.45, 2.75) is 12.8 Å². The third kappa shape index (κ3) is 2.63. The summed E-state index contributed by atoms with van der Waals surface area (Å²) in [5.74, 6) is 1.48. The number of aromatic hydroxyl groups is 1. The molecule has 0 amide bonds. The molecule has 1 fully saturated rings. The highest BCUT2D eigenvalue weighted by Crippen LogP contribution is 2.37. The van der Waals surface area contributed by atoms with Crippen LogP contribution in [0.4, 0.5) is 0 Å². The van der Waals surface area contributed by atoms with Crippen molar-refractivity contribution in [2.75, 3.05) is 13.2 Å². The zero-order valence-electron chi connectivity index (χ0n) is 8.60. The summed E-state index contributed by atoms with van der Waals surface area (Å²) < 4.78 is 5.48. The highest BCUT2D eigenvalue weighted by molar-refractivity contribution is 5.37. The van der Waals surface area contributed by atoms with Gasteiger partial charge in [0.1, 0.15) is 0 Å². The number of phenolic OH excluding ortho intramolecular Hbond substituents is 1. The molecule has 0 radical (unpaired) electrons. The first-order chi connectivity index (χ1) is 7.31. The normalized spacial score (nSPS) is 17.4. The van der Waals surface area contributed by atoms with E-state index in [1.165, 1.54) is 12.8 Å². The van der Waals surface area contributed by atoms with Gasteiger partial charge in [-0.3, -0.25) is 0 Å². The average molecular weight is 208 g/mol. The predicted molar refractivity (Wildman–Crippen MR) is 56.9 cm³/mol. The van der Waals surface area contributed by atoms with Gasteiger partial charge < -0.3 is 14.9 Å². The van der Waals surface area contributed by atoms with E-state index in [4.69, 9.17) is 9.84 Å². The predicted octanol–water partition coefficient (Wildman–Crippen LogP) is 1.79. The molecule has 0 aromatic heterocycles. The van der Waals surface area contributed by atoms with Gasteiger partial charge in [0, 0.05) is 12.5 Å². The van der Waals surface area contributed by atoms with Gasteiger partial charge in [-0.15, -0.1) is 0 Å². The molecule has 1 aromatic rings. The quantitative estimate of drug-likeness (QED) is 0.775. The van der Waals surface area contributed by atoms with E-state index in [2.05, 4.69) is 0 Å². The van der Waals surface area contributed by atoms with E-state index in [1.807, 2.05) is 6.07 Å². The third-order valence-electron chi connectivity index (χ3n) is 2.84. The van der Waals surface area contributed by atoms with Crippen LogP contribution in [0.25, 0.3) is 0 Å². The van der Waals surface area contributed by atoms with Gasteiger partial charge >= 0.3 is 0 Å². The Morgan fingerprint density at radius 1 is 1.33 bits per heavy atom. The Kier molecular flexibility index (Phi) is 3.11. The molecule has 1 aliphatic rings. The van der Waals surface area contributed by atoms with Gasteiger partial charge in [0.2, 0.25) is 0 Å². The van der Waals surface area contributed by atoms with Gasteiger partial charge in [0.05, 0.1) is 6.61 Å². The van der Waals surface area contributed by atoms with Gasteiger partial charge in [-0.1, -0.05) is 12.1 Å². The summed E-state index contributed by atoms with van der Waals surface area (Å²) in [4.78, 5) is 0. The molecule has 82 valence electrons. The number of aliphatic hydroxyl groups is 1. The maximum atomic E-state index is 9.46. The van der Waals surface area contributed by atoms with Crippen molar-refractivity contribution in [1.82, 2.24) is 0 Å². The molecule has 0 heterocycles. The molecule has 1 unspecified atom stereocenters. The first-order valence-electron chi connectivity index (χ1n) is 5.33. The number of benzene rings is 1. The van der Waals surface area contributed by atoms with Crippen LogP contribution in [-0.2, 0) is 0 Å². The molecule has 0 bridgehead atoms. The minimum Gasteiger partial charge on any atom is -0.504 e. The van der Waals surface area contributed by atoms with Gasteiger partial charge in [0.25, 0.3) is 0 Å². The van der Waals surface area contributed by atoms with Crippen LogP contribution in [0.15, 0.2) is 24.3 Å². The second-order valence-electron chi connectivity index (χ2n) is 4.06. The fourth-order valence-corrected chi connectivity index (χ4v) is 1.68. The lowest BCUT2D eigenvalue weighted by molar-refractivity contribution is 0.145. The van der Waals surface area contributed by atoms with Crippen molar-refractivity contribution in [3.63, 3.8) is 0 Å².